The Bertz CT molecular complexity index is 958. The van der Waals surface area contributed by atoms with Crippen molar-refractivity contribution in [3.63, 3.8) is 0 Å². The summed E-state index contributed by atoms with van der Waals surface area (Å²) < 4.78 is 7.13. The second-order valence-corrected chi connectivity index (χ2v) is 7.21. The molecule has 2 aromatic heterocycles. The molecular formula is C23H30N4O3. The number of amides is 2. The molecule has 7 nitrogen and oxygen atoms in total. The molecule has 0 saturated heterocycles. The second-order valence-electron chi connectivity index (χ2n) is 7.21. The predicted molar refractivity (Wildman–Crippen MR) is 116 cm³/mol. The maximum Gasteiger partial charge on any atom is 0.286 e. The summed E-state index contributed by atoms with van der Waals surface area (Å²) in [5.41, 5.74) is 1.92. The second kappa shape index (κ2) is 10.6. The van der Waals surface area contributed by atoms with Gasteiger partial charge in [0.05, 0.1) is 17.3 Å². The molecule has 0 aliphatic heterocycles. The first-order valence-electron chi connectivity index (χ1n) is 10.7. The number of furan rings is 1. The van der Waals surface area contributed by atoms with Crippen molar-refractivity contribution < 1.29 is 14.0 Å². The average molecular weight is 411 g/mol. The molecule has 160 valence electrons. The summed E-state index contributed by atoms with van der Waals surface area (Å²) in [6, 6.07) is 11.3. The summed E-state index contributed by atoms with van der Waals surface area (Å²) in [6.07, 6.45) is 5.08. The molecule has 0 radical (unpaired) electrons. The molecule has 0 unspecified atom stereocenters. The van der Waals surface area contributed by atoms with E-state index in [9.17, 15) is 9.59 Å². The zero-order chi connectivity index (χ0) is 21.3. The van der Waals surface area contributed by atoms with Crippen molar-refractivity contribution in [2.75, 3.05) is 19.6 Å². The Morgan fingerprint density at radius 1 is 1.07 bits per heavy atom. The number of para-hydroxylation sites is 2. The first-order chi connectivity index (χ1) is 14.6. The highest BCUT2D eigenvalue weighted by Crippen LogP contribution is 2.18. The van der Waals surface area contributed by atoms with E-state index in [2.05, 4.69) is 9.88 Å². The Morgan fingerprint density at radius 2 is 1.87 bits per heavy atom. The van der Waals surface area contributed by atoms with Crippen molar-refractivity contribution in [2.45, 2.75) is 46.1 Å². The predicted octanol–water partition coefficient (Wildman–Crippen LogP) is 3.64. The first kappa shape index (κ1) is 21.6. The van der Waals surface area contributed by atoms with Gasteiger partial charge in [-0.1, -0.05) is 18.6 Å². The Morgan fingerprint density at radius 3 is 2.60 bits per heavy atom. The molecule has 1 aromatic carbocycles. The zero-order valence-corrected chi connectivity index (χ0v) is 17.8. The lowest BCUT2D eigenvalue weighted by Crippen LogP contribution is -2.33. The Labute approximate surface area is 177 Å². The highest BCUT2D eigenvalue weighted by atomic mass is 16.3. The lowest BCUT2D eigenvalue weighted by molar-refractivity contribution is -0.131. The van der Waals surface area contributed by atoms with Crippen molar-refractivity contribution in [1.29, 1.82) is 0 Å². The molecule has 30 heavy (non-hydrogen) atoms. The van der Waals surface area contributed by atoms with Gasteiger partial charge in [-0.05, 0) is 51.0 Å². The van der Waals surface area contributed by atoms with Gasteiger partial charge in [-0.3, -0.25) is 9.59 Å². The van der Waals surface area contributed by atoms with E-state index in [1.54, 1.807) is 12.1 Å². The third-order valence-electron chi connectivity index (χ3n) is 5.25. The summed E-state index contributed by atoms with van der Waals surface area (Å²) in [5.74, 6) is 1.21. The number of hydrogen-bond donors (Lipinski definition) is 1. The van der Waals surface area contributed by atoms with Gasteiger partial charge in [-0.15, -0.1) is 0 Å². The van der Waals surface area contributed by atoms with Gasteiger partial charge in [0.2, 0.25) is 5.91 Å². The van der Waals surface area contributed by atoms with Crippen LogP contribution in [0.4, 0.5) is 0 Å². The molecule has 2 heterocycles. The molecule has 0 spiro atoms. The number of carbonyl (C=O) groups excluding carboxylic acids is 2. The number of fused-ring (bicyclic) bond motifs is 1. The van der Waals surface area contributed by atoms with Gasteiger partial charge in [-0.25, -0.2) is 4.98 Å². The minimum atomic E-state index is -0.184. The number of unbranched alkanes of at least 4 members (excludes halogenated alkanes) is 2. The molecule has 3 aromatic rings. The topological polar surface area (TPSA) is 80.4 Å². The standard InChI is InChI=1S/C23H30N4O3/c1-3-26(4-2)22(28)17-27-19-12-8-7-11-18(19)25-21(27)14-6-5-9-15-24-23(29)20-13-10-16-30-20/h7-8,10-13,16H,3-6,9,14-15,17H2,1-2H3,(H,24,29). The largest absolute Gasteiger partial charge is 0.459 e. The first-order valence-corrected chi connectivity index (χ1v) is 10.7. The van der Waals surface area contributed by atoms with Gasteiger partial charge in [0, 0.05) is 26.1 Å². The summed E-state index contributed by atoms with van der Waals surface area (Å²) in [4.78, 5) is 31.1. The molecule has 0 aliphatic rings. The fourth-order valence-corrected chi connectivity index (χ4v) is 3.59. The summed E-state index contributed by atoms with van der Waals surface area (Å²) >= 11 is 0. The fraction of sp³-hybridized carbons (Fsp3) is 0.435. The minimum Gasteiger partial charge on any atom is -0.459 e. The van der Waals surface area contributed by atoms with E-state index >= 15 is 0 Å². The molecular weight excluding hydrogens is 380 g/mol. The number of hydrogen-bond acceptors (Lipinski definition) is 4. The normalized spacial score (nSPS) is 11.0. The van der Waals surface area contributed by atoms with Crippen molar-refractivity contribution in [3.05, 3.63) is 54.2 Å². The monoisotopic (exact) mass is 410 g/mol. The Kier molecular flexibility index (Phi) is 7.65. The molecule has 1 N–H and O–H groups in total. The van der Waals surface area contributed by atoms with E-state index in [0.717, 1.165) is 42.5 Å². The number of nitrogens with zero attached hydrogens (tertiary/aromatic N) is 3. The van der Waals surface area contributed by atoms with Crippen LogP contribution in [0.15, 0.2) is 47.1 Å². The molecule has 0 atom stereocenters. The fourth-order valence-electron chi connectivity index (χ4n) is 3.59. The SMILES string of the molecule is CCN(CC)C(=O)Cn1c(CCCCCNC(=O)c2ccco2)nc2ccccc21. The lowest BCUT2D eigenvalue weighted by Gasteiger charge is -2.20. The maximum absolute atomic E-state index is 12.7. The van der Waals surface area contributed by atoms with Crippen molar-refractivity contribution in [2.24, 2.45) is 0 Å². The van der Waals surface area contributed by atoms with E-state index in [0.29, 0.717) is 31.9 Å². The van der Waals surface area contributed by atoms with E-state index in [4.69, 9.17) is 9.40 Å². The van der Waals surface area contributed by atoms with Gasteiger partial charge in [0.15, 0.2) is 5.76 Å². The maximum atomic E-state index is 12.7. The molecule has 7 heteroatoms. The minimum absolute atomic E-state index is 0.116. The molecule has 0 fully saturated rings. The van der Waals surface area contributed by atoms with Crippen LogP contribution in [0.25, 0.3) is 11.0 Å². The summed E-state index contributed by atoms with van der Waals surface area (Å²) in [7, 11) is 0. The van der Waals surface area contributed by atoms with Gasteiger partial charge < -0.3 is 19.2 Å². The van der Waals surface area contributed by atoms with E-state index < -0.39 is 0 Å². The molecule has 3 rings (SSSR count). The van der Waals surface area contributed by atoms with Crippen molar-refractivity contribution in [3.8, 4) is 0 Å². The highest BCUT2D eigenvalue weighted by Gasteiger charge is 2.16. The number of nitrogens with one attached hydrogen (secondary N) is 1. The van der Waals surface area contributed by atoms with Crippen LogP contribution in [0.5, 0.6) is 0 Å². The molecule has 0 saturated carbocycles. The Balaban J connectivity index is 1.55. The van der Waals surface area contributed by atoms with E-state index in [1.165, 1.54) is 6.26 Å². The highest BCUT2D eigenvalue weighted by molar-refractivity contribution is 5.91. The van der Waals surface area contributed by atoms with Gasteiger partial charge in [0.1, 0.15) is 12.4 Å². The number of imidazole rings is 1. The van der Waals surface area contributed by atoms with Crippen LogP contribution in [-0.2, 0) is 17.8 Å². The Hall–Kier alpha value is -3.09. The van der Waals surface area contributed by atoms with Crippen molar-refractivity contribution >= 4 is 22.8 Å². The van der Waals surface area contributed by atoms with E-state index in [1.807, 2.05) is 43.0 Å². The number of rotatable bonds is 11. The number of likely N-dealkylation sites (N-methyl/N-ethyl adjacent to an activating group) is 1. The quantitative estimate of drug-likeness (QED) is 0.490. The van der Waals surface area contributed by atoms with Crippen LogP contribution in [0, 0.1) is 0 Å². The number of aryl methyl sites for hydroxylation is 1. The third kappa shape index (κ3) is 5.28. The molecule has 0 aliphatic carbocycles. The molecule has 2 amide bonds. The molecule has 0 bridgehead atoms. The zero-order valence-electron chi connectivity index (χ0n) is 17.8. The van der Waals surface area contributed by atoms with Crippen LogP contribution in [-0.4, -0.2) is 45.9 Å². The number of carbonyl (C=O) groups is 2. The summed E-state index contributed by atoms with van der Waals surface area (Å²) in [6.45, 7) is 6.34. The van der Waals surface area contributed by atoms with Crippen molar-refractivity contribution in [1.82, 2.24) is 19.8 Å². The van der Waals surface area contributed by atoms with Crippen LogP contribution in [0.2, 0.25) is 0 Å². The smallest absolute Gasteiger partial charge is 0.286 e. The third-order valence-corrected chi connectivity index (χ3v) is 5.25. The van der Waals surface area contributed by atoms with Gasteiger partial charge >= 0.3 is 0 Å². The average Bonchev–Trinajstić information content (AvgIpc) is 3.40. The van der Waals surface area contributed by atoms with Crippen LogP contribution in [0.1, 0.15) is 49.5 Å². The van der Waals surface area contributed by atoms with Gasteiger partial charge in [0.25, 0.3) is 5.91 Å². The lowest BCUT2D eigenvalue weighted by atomic mass is 10.2. The van der Waals surface area contributed by atoms with Crippen LogP contribution < -0.4 is 5.32 Å². The summed E-state index contributed by atoms with van der Waals surface area (Å²) in [5, 5.41) is 2.86. The van der Waals surface area contributed by atoms with Gasteiger partial charge in [-0.2, -0.15) is 0 Å². The van der Waals surface area contributed by atoms with Crippen LogP contribution >= 0.6 is 0 Å². The van der Waals surface area contributed by atoms with Crippen LogP contribution in [0.3, 0.4) is 0 Å². The number of benzene rings is 1. The van der Waals surface area contributed by atoms with E-state index in [-0.39, 0.29) is 11.8 Å². The number of aromatic nitrogens is 2.